The molecule has 1 aromatic carbocycles. The van der Waals surface area contributed by atoms with Gasteiger partial charge < -0.3 is 0 Å². The average Bonchev–Trinajstić information content (AvgIpc) is 2.25. The van der Waals surface area contributed by atoms with E-state index in [1.807, 2.05) is 45.0 Å². The molecular formula is C12H16BrN. The maximum atomic E-state index is 8.79. The van der Waals surface area contributed by atoms with Crippen molar-refractivity contribution >= 4 is 15.9 Å². The molecule has 1 aromatic rings. The number of benzene rings is 1. The Bertz CT molecular complexity index is 284. The van der Waals surface area contributed by atoms with Gasteiger partial charge in [-0.1, -0.05) is 48.8 Å². The third-order valence-electron chi connectivity index (χ3n) is 1.84. The largest absolute Gasteiger partial charge is 0.198 e. The van der Waals surface area contributed by atoms with Crippen LogP contribution in [0.2, 0.25) is 0 Å². The van der Waals surface area contributed by atoms with E-state index >= 15 is 0 Å². The number of hydrogen-bond acceptors (Lipinski definition) is 1. The quantitative estimate of drug-likeness (QED) is 0.762. The number of nitriles is 1. The molecule has 0 aromatic heterocycles. The van der Waals surface area contributed by atoms with E-state index in [4.69, 9.17) is 5.26 Å². The molecule has 0 aliphatic carbocycles. The molecule has 76 valence electrons. The highest BCUT2D eigenvalue weighted by atomic mass is 79.9. The lowest BCUT2D eigenvalue weighted by atomic mass is 9.98. The van der Waals surface area contributed by atoms with Crippen molar-refractivity contribution in [1.29, 1.82) is 5.26 Å². The van der Waals surface area contributed by atoms with Crippen molar-refractivity contribution in [3.63, 3.8) is 0 Å². The molecule has 0 saturated carbocycles. The smallest absolute Gasteiger partial charge is 0.0710 e. The monoisotopic (exact) mass is 253 g/mol. The second-order valence-electron chi connectivity index (χ2n) is 2.64. The molecule has 0 aliphatic rings. The lowest BCUT2D eigenvalue weighted by Crippen LogP contribution is -1.92. The van der Waals surface area contributed by atoms with E-state index in [9.17, 15) is 0 Å². The Labute approximate surface area is 94.9 Å². The third-order valence-corrected chi connectivity index (χ3v) is 2.37. The highest BCUT2D eigenvalue weighted by molar-refractivity contribution is 9.10. The van der Waals surface area contributed by atoms with E-state index in [1.54, 1.807) is 0 Å². The molecule has 0 saturated heterocycles. The first-order valence-corrected chi connectivity index (χ1v) is 5.72. The molecule has 14 heavy (non-hydrogen) atoms. The molecule has 0 amide bonds. The van der Waals surface area contributed by atoms with Crippen molar-refractivity contribution in [2.24, 2.45) is 0 Å². The fraction of sp³-hybridized carbons (Fsp3) is 0.417. The predicted molar refractivity (Wildman–Crippen MR) is 64.1 cm³/mol. The molecule has 0 fully saturated rings. The van der Waals surface area contributed by atoms with E-state index in [1.165, 1.54) is 0 Å². The van der Waals surface area contributed by atoms with Crippen LogP contribution in [0.4, 0.5) is 0 Å². The maximum Gasteiger partial charge on any atom is 0.0710 e. The molecule has 1 unspecified atom stereocenters. The van der Waals surface area contributed by atoms with Gasteiger partial charge in [-0.25, -0.2) is 0 Å². The minimum Gasteiger partial charge on any atom is -0.198 e. The van der Waals surface area contributed by atoms with Crippen LogP contribution in [-0.2, 0) is 0 Å². The summed E-state index contributed by atoms with van der Waals surface area (Å²) >= 11 is 3.36. The summed E-state index contributed by atoms with van der Waals surface area (Å²) in [6.45, 7) is 6.02. The molecule has 0 bridgehead atoms. The molecule has 0 radical (unpaired) electrons. The van der Waals surface area contributed by atoms with E-state index in [2.05, 4.69) is 22.0 Å². The average molecular weight is 254 g/mol. The van der Waals surface area contributed by atoms with E-state index in [0.29, 0.717) is 0 Å². The first-order valence-electron chi connectivity index (χ1n) is 4.93. The Balaban J connectivity index is 0.000000791. The van der Waals surface area contributed by atoms with Gasteiger partial charge in [-0.3, -0.25) is 0 Å². The fourth-order valence-corrected chi connectivity index (χ4v) is 1.36. The predicted octanol–water partition coefficient (Wildman–Crippen LogP) is 4.49. The Hall–Kier alpha value is -0.810. The van der Waals surface area contributed by atoms with Crippen molar-refractivity contribution in [3.8, 4) is 6.07 Å². The minimum absolute atomic E-state index is 0.0399. The summed E-state index contributed by atoms with van der Waals surface area (Å²) < 4.78 is 1.05. The number of halogens is 1. The second kappa shape index (κ2) is 7.58. The second-order valence-corrected chi connectivity index (χ2v) is 3.56. The van der Waals surface area contributed by atoms with Gasteiger partial charge in [0.1, 0.15) is 0 Å². The standard InChI is InChI=1S/C10H10BrN.C2H6/c1-2-8(7-12)9-3-5-10(11)6-4-9;1-2/h3-6,8H,2H2,1H3;1-2H3. The molecule has 2 heteroatoms. The molecule has 1 rings (SSSR count). The van der Waals surface area contributed by atoms with Crippen LogP contribution in [-0.4, -0.2) is 0 Å². The van der Waals surface area contributed by atoms with Crippen molar-refractivity contribution in [1.82, 2.24) is 0 Å². The van der Waals surface area contributed by atoms with Crippen molar-refractivity contribution in [2.75, 3.05) is 0 Å². The van der Waals surface area contributed by atoms with Crippen LogP contribution in [0.3, 0.4) is 0 Å². The summed E-state index contributed by atoms with van der Waals surface area (Å²) in [4.78, 5) is 0. The molecule has 0 aliphatic heterocycles. The normalized spacial score (nSPS) is 10.8. The Morgan fingerprint density at radius 1 is 1.29 bits per heavy atom. The number of hydrogen-bond donors (Lipinski definition) is 0. The topological polar surface area (TPSA) is 23.8 Å². The van der Waals surface area contributed by atoms with E-state index in [0.717, 1.165) is 16.5 Å². The van der Waals surface area contributed by atoms with Crippen LogP contribution in [0.25, 0.3) is 0 Å². The van der Waals surface area contributed by atoms with Crippen molar-refractivity contribution < 1.29 is 0 Å². The third kappa shape index (κ3) is 3.93. The van der Waals surface area contributed by atoms with Gasteiger partial charge in [0.25, 0.3) is 0 Å². The Morgan fingerprint density at radius 2 is 1.79 bits per heavy atom. The molecule has 1 atom stereocenters. The summed E-state index contributed by atoms with van der Waals surface area (Å²) in [5.74, 6) is 0.0399. The van der Waals surface area contributed by atoms with Crippen LogP contribution in [0.1, 0.15) is 38.7 Å². The van der Waals surface area contributed by atoms with E-state index < -0.39 is 0 Å². The van der Waals surface area contributed by atoms with Crippen molar-refractivity contribution in [3.05, 3.63) is 34.3 Å². The van der Waals surface area contributed by atoms with Crippen LogP contribution in [0.15, 0.2) is 28.7 Å². The highest BCUT2D eigenvalue weighted by Gasteiger charge is 2.06. The first-order chi connectivity index (χ1) is 6.77. The van der Waals surface area contributed by atoms with Crippen LogP contribution >= 0.6 is 15.9 Å². The molecule has 0 spiro atoms. The zero-order valence-electron chi connectivity index (χ0n) is 8.92. The number of rotatable bonds is 2. The first kappa shape index (κ1) is 13.2. The van der Waals surface area contributed by atoms with Gasteiger partial charge in [0.15, 0.2) is 0 Å². The van der Waals surface area contributed by atoms with Gasteiger partial charge in [0.05, 0.1) is 12.0 Å². The molecule has 0 heterocycles. The SMILES string of the molecule is CC.CCC(C#N)c1ccc(Br)cc1. The lowest BCUT2D eigenvalue weighted by molar-refractivity contribution is 0.818. The van der Waals surface area contributed by atoms with Gasteiger partial charge in [-0.15, -0.1) is 0 Å². The molecule has 1 nitrogen and oxygen atoms in total. The van der Waals surface area contributed by atoms with E-state index in [-0.39, 0.29) is 5.92 Å². The minimum atomic E-state index is 0.0399. The Kier molecular flexibility index (Phi) is 7.14. The van der Waals surface area contributed by atoms with Gasteiger partial charge in [-0.2, -0.15) is 5.26 Å². The molecule has 0 N–H and O–H groups in total. The van der Waals surface area contributed by atoms with Gasteiger partial charge in [0.2, 0.25) is 0 Å². The zero-order valence-corrected chi connectivity index (χ0v) is 10.5. The summed E-state index contributed by atoms with van der Waals surface area (Å²) in [5.41, 5.74) is 1.10. The summed E-state index contributed by atoms with van der Waals surface area (Å²) in [7, 11) is 0. The molecular weight excluding hydrogens is 238 g/mol. The fourth-order valence-electron chi connectivity index (χ4n) is 1.10. The Morgan fingerprint density at radius 3 is 2.14 bits per heavy atom. The van der Waals surface area contributed by atoms with Crippen LogP contribution < -0.4 is 0 Å². The zero-order chi connectivity index (χ0) is 11.0. The summed E-state index contributed by atoms with van der Waals surface area (Å²) in [6.07, 6.45) is 0.873. The van der Waals surface area contributed by atoms with Crippen LogP contribution in [0, 0.1) is 11.3 Å². The van der Waals surface area contributed by atoms with Gasteiger partial charge in [0, 0.05) is 4.47 Å². The van der Waals surface area contributed by atoms with Crippen LogP contribution in [0.5, 0.6) is 0 Å². The lowest BCUT2D eigenvalue weighted by Gasteiger charge is -2.04. The summed E-state index contributed by atoms with van der Waals surface area (Å²) in [6, 6.07) is 10.2. The van der Waals surface area contributed by atoms with Gasteiger partial charge in [-0.05, 0) is 24.1 Å². The highest BCUT2D eigenvalue weighted by Crippen LogP contribution is 2.20. The van der Waals surface area contributed by atoms with Gasteiger partial charge >= 0.3 is 0 Å². The van der Waals surface area contributed by atoms with Crippen molar-refractivity contribution in [2.45, 2.75) is 33.1 Å². The number of nitrogens with zero attached hydrogens (tertiary/aromatic N) is 1. The maximum absolute atomic E-state index is 8.79. The summed E-state index contributed by atoms with van der Waals surface area (Å²) in [5, 5.41) is 8.79.